The van der Waals surface area contributed by atoms with E-state index in [9.17, 15) is 23.1 Å². The van der Waals surface area contributed by atoms with Crippen LogP contribution < -0.4 is 15.8 Å². The number of nitrogens with zero attached hydrogens (tertiary/aromatic N) is 2. The molecule has 8 N–H and O–H groups in total. The first kappa shape index (κ1) is 34.5. The highest BCUT2D eigenvalue weighted by Crippen LogP contribution is 2.24. The van der Waals surface area contributed by atoms with Crippen molar-refractivity contribution in [1.82, 2.24) is 19.5 Å². The lowest BCUT2D eigenvalue weighted by molar-refractivity contribution is -0.137. The Morgan fingerprint density at radius 3 is 2.43 bits per heavy atom. The van der Waals surface area contributed by atoms with Gasteiger partial charge in [-0.25, -0.2) is 8.42 Å². The summed E-state index contributed by atoms with van der Waals surface area (Å²) in [7, 11) is -4.11. The first-order valence-corrected chi connectivity index (χ1v) is 16.8. The van der Waals surface area contributed by atoms with Gasteiger partial charge in [0.2, 0.25) is 15.9 Å². The van der Waals surface area contributed by atoms with Crippen LogP contribution in [-0.2, 0) is 43.9 Å². The van der Waals surface area contributed by atoms with Gasteiger partial charge < -0.3 is 25.6 Å². The Balaban J connectivity index is 0.00000113. The van der Waals surface area contributed by atoms with Crippen LogP contribution in [0.25, 0.3) is 21.7 Å². The number of nitrogens with one attached hydrogen (secondary N) is 3. The molecule has 46 heavy (non-hydrogen) atoms. The summed E-state index contributed by atoms with van der Waals surface area (Å²) in [5.74, 6) is -1.46. The Labute approximate surface area is 268 Å². The number of aromatic nitrogens is 1. The molecule has 0 bridgehead atoms. The van der Waals surface area contributed by atoms with Gasteiger partial charge in [0.1, 0.15) is 12.6 Å². The number of carbonyl (C=O) groups excluding carboxylic acids is 1. The third-order valence-corrected chi connectivity index (χ3v) is 9.14. The lowest BCUT2D eigenvalue weighted by Gasteiger charge is -2.33. The molecular weight excluding hydrogens is 636 g/mol. The van der Waals surface area contributed by atoms with Crippen molar-refractivity contribution < 1.29 is 36.4 Å². The van der Waals surface area contributed by atoms with Gasteiger partial charge in [-0.05, 0) is 59.7 Å². The molecule has 0 saturated carbocycles. The molecule has 2 atom stereocenters. The summed E-state index contributed by atoms with van der Waals surface area (Å²) < 4.78 is 54.2. The quantitative estimate of drug-likeness (QED) is 0.0738. The summed E-state index contributed by atoms with van der Waals surface area (Å²) in [5, 5.41) is 22.4. The van der Waals surface area contributed by atoms with E-state index >= 15 is 0 Å². The number of sulfonamides is 1. The molecule has 5 rings (SSSR count). The Morgan fingerprint density at radius 2 is 1.74 bits per heavy atom. The van der Waals surface area contributed by atoms with Crippen LogP contribution in [0.4, 0.5) is 0 Å². The van der Waals surface area contributed by atoms with E-state index in [1.807, 2.05) is 36.4 Å². The minimum atomic E-state index is -4.11. The second-order valence-electron chi connectivity index (χ2n) is 10.9. The van der Waals surface area contributed by atoms with E-state index in [0.29, 0.717) is 30.7 Å². The average molecular weight is 673 g/mol. The van der Waals surface area contributed by atoms with Crippen molar-refractivity contribution in [2.24, 2.45) is 11.7 Å². The van der Waals surface area contributed by atoms with Gasteiger partial charge in [0.05, 0.1) is 4.90 Å². The first-order chi connectivity index (χ1) is 21.8. The normalized spacial score (nSPS) is 15.7. The second-order valence-corrected chi connectivity index (χ2v) is 13.1. The molecule has 14 nitrogen and oxygen atoms in total. The molecule has 1 fully saturated rings. The van der Waals surface area contributed by atoms with Crippen LogP contribution in [0.2, 0.25) is 0 Å². The van der Waals surface area contributed by atoms with Gasteiger partial charge in [0.25, 0.3) is 11.4 Å². The van der Waals surface area contributed by atoms with Gasteiger partial charge >= 0.3 is 5.97 Å². The molecule has 1 unspecified atom stereocenters. The highest BCUT2D eigenvalue weighted by Gasteiger charge is 2.29. The van der Waals surface area contributed by atoms with Gasteiger partial charge in [0.15, 0.2) is 5.96 Å². The van der Waals surface area contributed by atoms with Crippen LogP contribution in [0.1, 0.15) is 18.4 Å². The smallest absolute Gasteiger partial charge is 0.323 e. The summed E-state index contributed by atoms with van der Waals surface area (Å²) in [6, 6.07) is 18.3. The molecule has 1 aliphatic rings. The zero-order chi connectivity index (χ0) is 33.4. The standard InChI is InChI=1S/C30H34N6O5S.H2O3S/c31-30(32)35-13-5-6-20(17-35)16-33-29(39)26(15-23-18-36(19-28(37)38)27-10-4-3-9-25(23)27)34-42(40,41)24-12-11-21-7-1-2-8-22(21)14-24;1-4(2)3/h1-4,7-12,14,18,20,26,34H,5-6,13,15-17,19H2,(H3,31,32)(H,33,39)(H,37,38);(H2,1,2,3)/t20?,26-;/m1./s1. The monoisotopic (exact) mass is 672 g/mol. The largest absolute Gasteiger partial charge is 0.480 e. The number of carboxylic acid groups (broad SMARTS) is 1. The van der Waals surface area contributed by atoms with Crippen molar-refractivity contribution in [3.05, 3.63) is 78.5 Å². The molecule has 4 aromatic rings. The molecule has 0 aliphatic carbocycles. The fraction of sp³-hybridized carbons (Fsp3) is 0.300. The van der Waals surface area contributed by atoms with E-state index in [-0.39, 0.29) is 29.7 Å². The van der Waals surface area contributed by atoms with Gasteiger partial charge in [-0.1, -0.05) is 48.5 Å². The second kappa shape index (κ2) is 15.3. The lowest BCUT2D eigenvalue weighted by atomic mass is 9.98. The van der Waals surface area contributed by atoms with Crippen molar-refractivity contribution in [2.75, 3.05) is 19.6 Å². The molecular formula is C30H36N6O8S2. The van der Waals surface area contributed by atoms with Gasteiger partial charge in [-0.2, -0.15) is 8.93 Å². The number of hydrogen-bond acceptors (Lipinski definition) is 6. The number of rotatable bonds is 10. The van der Waals surface area contributed by atoms with Crippen molar-refractivity contribution in [3.8, 4) is 0 Å². The third-order valence-electron chi connectivity index (χ3n) is 7.67. The minimum Gasteiger partial charge on any atom is -0.480 e. The highest BCUT2D eigenvalue weighted by atomic mass is 32.2. The molecule has 1 saturated heterocycles. The number of likely N-dealkylation sites (tertiary alicyclic amines) is 1. The number of aliphatic carboxylic acids is 1. The van der Waals surface area contributed by atoms with Gasteiger partial charge in [-0.15, -0.1) is 0 Å². The summed E-state index contributed by atoms with van der Waals surface area (Å²) in [6.45, 7) is 1.26. The SMILES string of the molecule is N=C(N)N1CCCC(CNC(=O)[C@@H](Cc2cn(CC(=O)O)c3ccccc23)NS(=O)(=O)c2ccc3ccccc3c2)C1.O=S(O)O. The number of hydrogen-bond donors (Lipinski definition) is 7. The average Bonchev–Trinajstić information content (AvgIpc) is 3.35. The van der Waals surface area contributed by atoms with Gasteiger partial charge in [0, 0.05) is 36.7 Å². The van der Waals surface area contributed by atoms with Crippen molar-refractivity contribution in [2.45, 2.75) is 36.7 Å². The number of amides is 1. The Hall–Kier alpha value is -4.35. The molecule has 0 spiro atoms. The predicted octanol–water partition coefficient (Wildman–Crippen LogP) is 2.17. The number of carboxylic acids is 1. The van der Waals surface area contributed by atoms with E-state index in [2.05, 4.69) is 10.0 Å². The van der Waals surface area contributed by atoms with Crippen LogP contribution in [0, 0.1) is 11.3 Å². The number of fused-ring (bicyclic) bond motifs is 2. The van der Waals surface area contributed by atoms with Crippen LogP contribution in [0.15, 0.2) is 77.8 Å². The van der Waals surface area contributed by atoms with Crippen LogP contribution in [0.5, 0.6) is 0 Å². The topological polar surface area (TPSA) is 228 Å². The van der Waals surface area contributed by atoms with Gasteiger partial charge in [-0.3, -0.25) is 24.1 Å². The Morgan fingerprint density at radius 1 is 1.07 bits per heavy atom. The van der Waals surface area contributed by atoms with Crippen molar-refractivity contribution in [3.63, 3.8) is 0 Å². The van der Waals surface area contributed by atoms with E-state index in [1.54, 1.807) is 39.9 Å². The van der Waals surface area contributed by atoms with Crippen LogP contribution in [0.3, 0.4) is 0 Å². The molecule has 1 amide bonds. The first-order valence-electron chi connectivity index (χ1n) is 14.3. The lowest BCUT2D eigenvalue weighted by Crippen LogP contribution is -2.51. The molecule has 1 aromatic heterocycles. The number of nitrogens with two attached hydrogens (primary N) is 1. The van der Waals surface area contributed by atoms with E-state index in [4.69, 9.17) is 24.5 Å². The summed E-state index contributed by atoms with van der Waals surface area (Å²) in [5.41, 5.74) is 6.99. The van der Waals surface area contributed by atoms with E-state index in [0.717, 1.165) is 29.0 Å². The maximum absolute atomic E-state index is 13.6. The summed E-state index contributed by atoms with van der Waals surface area (Å²) in [4.78, 5) is 26.9. The Bertz CT molecular complexity index is 1860. The molecule has 246 valence electrons. The highest BCUT2D eigenvalue weighted by molar-refractivity contribution is 7.89. The molecule has 0 radical (unpaired) electrons. The Kier molecular flexibility index (Phi) is 11.5. The predicted molar refractivity (Wildman–Crippen MR) is 174 cm³/mol. The van der Waals surface area contributed by atoms with E-state index < -0.39 is 39.3 Å². The molecule has 3 aromatic carbocycles. The number of benzene rings is 3. The zero-order valence-electron chi connectivity index (χ0n) is 24.7. The molecule has 1 aliphatic heterocycles. The van der Waals surface area contributed by atoms with E-state index in [1.165, 1.54) is 6.07 Å². The number of guanidine groups is 1. The third kappa shape index (κ3) is 9.11. The number of para-hydroxylation sites is 1. The minimum absolute atomic E-state index is 0.00945. The van der Waals surface area contributed by atoms with Crippen LogP contribution >= 0.6 is 0 Å². The molecule has 16 heteroatoms. The van der Waals surface area contributed by atoms with Crippen molar-refractivity contribution in [1.29, 1.82) is 5.41 Å². The fourth-order valence-corrected chi connectivity index (χ4v) is 6.81. The maximum Gasteiger partial charge on any atom is 0.323 e. The summed E-state index contributed by atoms with van der Waals surface area (Å²) >= 11 is -2.61. The maximum atomic E-state index is 13.6. The fourth-order valence-electron chi connectivity index (χ4n) is 5.58. The number of carbonyl (C=O) groups is 2. The molecule has 2 heterocycles. The summed E-state index contributed by atoms with van der Waals surface area (Å²) in [6.07, 6.45) is 3.35. The van der Waals surface area contributed by atoms with Crippen LogP contribution in [-0.4, -0.2) is 79.8 Å². The van der Waals surface area contributed by atoms with Crippen molar-refractivity contribution >= 4 is 60.9 Å². The zero-order valence-corrected chi connectivity index (χ0v) is 26.3. The number of piperidine rings is 1.